The van der Waals surface area contributed by atoms with Gasteiger partial charge in [0.2, 0.25) is 0 Å². The normalized spacial score (nSPS) is 16.3. The number of hydrogen-bond acceptors (Lipinski definition) is 4. The van der Waals surface area contributed by atoms with Gasteiger partial charge in [0.25, 0.3) is 0 Å². The first-order valence-electron chi connectivity index (χ1n) is 8.01. The van der Waals surface area contributed by atoms with Gasteiger partial charge >= 0.3 is 0 Å². The van der Waals surface area contributed by atoms with Crippen LogP contribution in [-0.2, 0) is 9.47 Å². The molecule has 1 aromatic rings. The molecule has 0 fully saturated rings. The van der Waals surface area contributed by atoms with E-state index in [0.717, 1.165) is 11.3 Å². The molecule has 132 valence electrons. The molecule has 1 heterocycles. The van der Waals surface area contributed by atoms with Crippen LogP contribution in [0.4, 0.5) is 0 Å². The second-order valence-corrected chi connectivity index (χ2v) is 6.29. The molecule has 0 unspecified atom stereocenters. The Morgan fingerprint density at radius 1 is 1.20 bits per heavy atom. The Morgan fingerprint density at radius 2 is 1.88 bits per heavy atom. The van der Waals surface area contributed by atoms with Crippen LogP contribution in [-0.4, -0.2) is 25.6 Å². The number of ketones is 1. The van der Waals surface area contributed by atoms with Gasteiger partial charge in [-0.05, 0) is 57.2 Å². The summed E-state index contributed by atoms with van der Waals surface area (Å²) in [4.78, 5) is 12.7. The van der Waals surface area contributed by atoms with E-state index in [1.165, 1.54) is 20.3 Å². The lowest BCUT2D eigenvalue weighted by Crippen LogP contribution is -2.27. The topological polar surface area (TPSA) is 44.8 Å². The first-order valence-corrected chi connectivity index (χ1v) is 8.01. The number of hydrogen-bond donors (Lipinski definition) is 0. The molecule has 0 spiro atoms. The van der Waals surface area contributed by atoms with Crippen LogP contribution in [0.5, 0.6) is 5.75 Å². The highest BCUT2D eigenvalue weighted by atomic mass is 16.5. The minimum Gasteiger partial charge on any atom is -0.493 e. The molecule has 0 bridgehead atoms. The molecule has 0 saturated heterocycles. The fourth-order valence-electron chi connectivity index (χ4n) is 2.53. The minimum atomic E-state index is -0.340. The molecule has 0 atom stereocenters. The fourth-order valence-corrected chi connectivity index (χ4v) is 2.53. The molecule has 0 radical (unpaired) electrons. The number of rotatable bonds is 6. The van der Waals surface area contributed by atoms with Gasteiger partial charge in [0.15, 0.2) is 17.3 Å². The van der Waals surface area contributed by atoms with Crippen LogP contribution in [0.25, 0.3) is 6.08 Å². The molecule has 4 nitrogen and oxygen atoms in total. The highest BCUT2D eigenvalue weighted by Gasteiger charge is 2.22. The van der Waals surface area contributed by atoms with Crippen LogP contribution >= 0.6 is 0 Å². The van der Waals surface area contributed by atoms with E-state index in [2.05, 4.69) is 6.58 Å². The van der Waals surface area contributed by atoms with Crippen molar-refractivity contribution in [2.45, 2.75) is 26.4 Å². The summed E-state index contributed by atoms with van der Waals surface area (Å²) in [5, 5.41) is 0. The zero-order valence-corrected chi connectivity index (χ0v) is 15.4. The van der Waals surface area contributed by atoms with Gasteiger partial charge in [-0.2, -0.15) is 0 Å². The van der Waals surface area contributed by atoms with E-state index in [9.17, 15) is 4.79 Å². The van der Waals surface area contributed by atoms with Crippen molar-refractivity contribution < 1.29 is 19.0 Å². The molecule has 0 aliphatic carbocycles. The van der Waals surface area contributed by atoms with E-state index in [0.29, 0.717) is 22.7 Å². The summed E-state index contributed by atoms with van der Waals surface area (Å²) in [6.07, 6.45) is 7.15. The highest BCUT2D eigenvalue weighted by Crippen LogP contribution is 2.31. The number of allylic oxidation sites excluding steroid dienone is 3. The second-order valence-electron chi connectivity index (χ2n) is 6.29. The Morgan fingerprint density at radius 3 is 2.48 bits per heavy atom. The van der Waals surface area contributed by atoms with E-state index < -0.39 is 0 Å². The molecule has 25 heavy (non-hydrogen) atoms. The lowest BCUT2D eigenvalue weighted by molar-refractivity contribution is 0.103. The molecule has 1 aliphatic heterocycles. The van der Waals surface area contributed by atoms with Crippen molar-refractivity contribution in [3.8, 4) is 5.75 Å². The summed E-state index contributed by atoms with van der Waals surface area (Å²) < 4.78 is 16.4. The first kappa shape index (κ1) is 18.6. The summed E-state index contributed by atoms with van der Waals surface area (Å²) in [6, 6.07) is 5.44. The van der Waals surface area contributed by atoms with Crippen molar-refractivity contribution in [1.29, 1.82) is 0 Å². The van der Waals surface area contributed by atoms with E-state index in [1.807, 2.05) is 38.1 Å². The van der Waals surface area contributed by atoms with Crippen LogP contribution in [0, 0.1) is 0 Å². The third-order valence-corrected chi connectivity index (χ3v) is 3.88. The maximum atomic E-state index is 12.7. The Bertz CT molecular complexity index is 779. The van der Waals surface area contributed by atoms with Gasteiger partial charge in [-0.1, -0.05) is 12.7 Å². The number of fused-ring (bicyclic) bond motifs is 1. The monoisotopic (exact) mass is 340 g/mol. The predicted octanol–water partition coefficient (Wildman–Crippen LogP) is 4.69. The van der Waals surface area contributed by atoms with Crippen molar-refractivity contribution in [1.82, 2.24) is 0 Å². The van der Waals surface area contributed by atoms with Crippen LogP contribution < -0.4 is 4.74 Å². The summed E-state index contributed by atoms with van der Waals surface area (Å²) in [6.45, 7) is 9.40. The van der Waals surface area contributed by atoms with E-state index in [4.69, 9.17) is 14.2 Å². The summed E-state index contributed by atoms with van der Waals surface area (Å²) >= 11 is 0. The average Bonchev–Trinajstić information content (AvgIpc) is 2.59. The van der Waals surface area contributed by atoms with Gasteiger partial charge in [0.1, 0.15) is 11.4 Å². The molecular weight excluding hydrogens is 316 g/mol. The molecule has 0 aromatic heterocycles. The van der Waals surface area contributed by atoms with Gasteiger partial charge < -0.3 is 14.2 Å². The van der Waals surface area contributed by atoms with Gasteiger partial charge in [0.05, 0.1) is 14.2 Å². The molecule has 1 aromatic carbocycles. The van der Waals surface area contributed by atoms with Gasteiger partial charge in [0, 0.05) is 16.7 Å². The largest absolute Gasteiger partial charge is 0.493 e. The maximum Gasteiger partial charge on any atom is 0.188 e. The van der Waals surface area contributed by atoms with E-state index in [1.54, 1.807) is 19.1 Å². The van der Waals surface area contributed by atoms with E-state index in [-0.39, 0.29) is 11.4 Å². The molecule has 0 saturated carbocycles. The van der Waals surface area contributed by atoms with Gasteiger partial charge in [-0.25, -0.2) is 0 Å². The summed E-state index contributed by atoms with van der Waals surface area (Å²) in [5.41, 5.74) is 1.68. The predicted molar refractivity (Wildman–Crippen MR) is 99.5 cm³/mol. The molecule has 4 heteroatoms. The van der Waals surface area contributed by atoms with Crippen molar-refractivity contribution in [3.63, 3.8) is 0 Å². The third kappa shape index (κ3) is 4.21. The highest BCUT2D eigenvalue weighted by molar-refractivity contribution is 6.09. The Balaban J connectivity index is 2.33. The fraction of sp³-hybridized carbons (Fsp3) is 0.286. The van der Waals surface area contributed by atoms with Gasteiger partial charge in [-0.3, -0.25) is 4.79 Å². The third-order valence-electron chi connectivity index (χ3n) is 3.88. The number of Topliss-reactive ketones (excluding diaryl/α,β-unsaturated/α-hetero) is 1. The van der Waals surface area contributed by atoms with Crippen LogP contribution in [0.1, 0.15) is 36.7 Å². The lowest BCUT2D eigenvalue weighted by Gasteiger charge is -2.27. The van der Waals surface area contributed by atoms with Crippen LogP contribution in [0.15, 0.2) is 60.1 Å². The minimum absolute atomic E-state index is 0.0879. The lowest BCUT2D eigenvalue weighted by atomic mass is 9.97. The molecule has 1 aliphatic rings. The summed E-state index contributed by atoms with van der Waals surface area (Å²) in [7, 11) is 3.05. The van der Waals surface area contributed by atoms with Crippen molar-refractivity contribution >= 4 is 11.9 Å². The van der Waals surface area contributed by atoms with Crippen molar-refractivity contribution in [2.75, 3.05) is 14.2 Å². The molecule has 2 rings (SSSR count). The Labute approximate surface area is 149 Å². The zero-order chi connectivity index (χ0) is 18.6. The molecule has 0 amide bonds. The number of benzene rings is 1. The average molecular weight is 340 g/mol. The smallest absolute Gasteiger partial charge is 0.188 e. The Kier molecular flexibility index (Phi) is 5.52. The Hall–Kier alpha value is -2.75. The van der Waals surface area contributed by atoms with Crippen molar-refractivity contribution in [2.24, 2.45) is 0 Å². The number of ether oxygens (including phenoxy) is 3. The quantitative estimate of drug-likeness (QED) is 0.326. The standard InChI is InChI=1S/C21H24O4/c1-7-17(23-5)19(24-6)12-14(2)20(22)16-8-9-18-15(13-16)10-11-21(3,4)25-18/h7-13H,1H2,2-6H3/b14-12+,19-17-. The second kappa shape index (κ2) is 7.43. The number of carbonyl (C=O) groups excluding carboxylic acids is 1. The number of carbonyl (C=O) groups is 1. The number of methoxy groups -OCH3 is 2. The van der Waals surface area contributed by atoms with Crippen LogP contribution in [0.2, 0.25) is 0 Å². The molecular formula is C21H24O4. The molecule has 0 N–H and O–H groups in total. The first-order chi connectivity index (χ1) is 11.8. The summed E-state index contributed by atoms with van der Waals surface area (Å²) in [5.74, 6) is 1.61. The van der Waals surface area contributed by atoms with Crippen LogP contribution in [0.3, 0.4) is 0 Å². The van der Waals surface area contributed by atoms with Gasteiger partial charge in [-0.15, -0.1) is 0 Å². The zero-order valence-electron chi connectivity index (χ0n) is 15.4. The van der Waals surface area contributed by atoms with E-state index >= 15 is 0 Å². The SMILES string of the molecule is C=C/C(OC)=C(\C=C(/C)C(=O)c1ccc2c(c1)C=CC(C)(C)O2)OC. The van der Waals surface area contributed by atoms with Crippen molar-refractivity contribution in [3.05, 3.63) is 71.2 Å². The maximum absolute atomic E-state index is 12.7.